The van der Waals surface area contributed by atoms with Crippen molar-refractivity contribution in [3.8, 4) is 17.2 Å². The van der Waals surface area contributed by atoms with Crippen molar-refractivity contribution in [1.82, 2.24) is 9.78 Å². The van der Waals surface area contributed by atoms with E-state index >= 15 is 0 Å². The van der Waals surface area contributed by atoms with Crippen molar-refractivity contribution in [2.75, 3.05) is 14.0 Å². The van der Waals surface area contributed by atoms with Crippen LogP contribution in [0.2, 0.25) is 0 Å². The molecule has 1 heterocycles. The number of carboxylic acid groups (broad SMARTS) is 1. The fourth-order valence-corrected chi connectivity index (χ4v) is 1.70. The predicted molar refractivity (Wildman–Crippen MR) is 69.9 cm³/mol. The van der Waals surface area contributed by atoms with Gasteiger partial charge in [0.25, 0.3) is 5.43 Å². The molecule has 0 spiro atoms. The summed E-state index contributed by atoms with van der Waals surface area (Å²) in [6, 6.07) is 3.37. The molecular formula is C13H10F2N2O5. The van der Waals surface area contributed by atoms with Gasteiger partial charge in [0.2, 0.25) is 12.6 Å². The fraction of sp³-hybridized carbons (Fsp3) is 0.154. The third-order valence-corrected chi connectivity index (χ3v) is 2.70. The van der Waals surface area contributed by atoms with Gasteiger partial charge >= 0.3 is 5.97 Å². The van der Waals surface area contributed by atoms with Crippen LogP contribution in [0.3, 0.4) is 0 Å². The van der Waals surface area contributed by atoms with Crippen LogP contribution in [0.4, 0.5) is 8.78 Å². The molecule has 0 fully saturated rings. The maximum atomic E-state index is 14.0. The molecule has 0 aliphatic heterocycles. The number of halogens is 2. The summed E-state index contributed by atoms with van der Waals surface area (Å²) in [5.41, 5.74) is -1.90. The van der Waals surface area contributed by atoms with Gasteiger partial charge in [-0.3, -0.25) is 4.79 Å². The number of ether oxygens (including phenoxy) is 2. The normalized spacial score (nSPS) is 10.3. The average Bonchev–Trinajstić information content (AvgIpc) is 2.48. The second kappa shape index (κ2) is 6.20. The van der Waals surface area contributed by atoms with Gasteiger partial charge in [-0.05, 0) is 12.1 Å². The molecule has 0 unspecified atom stereocenters. The monoisotopic (exact) mass is 312 g/mol. The number of alkyl halides is 1. The van der Waals surface area contributed by atoms with Crippen LogP contribution in [0.5, 0.6) is 11.5 Å². The Bertz CT molecular complexity index is 776. The van der Waals surface area contributed by atoms with E-state index in [9.17, 15) is 18.4 Å². The van der Waals surface area contributed by atoms with Crippen molar-refractivity contribution in [3.05, 3.63) is 46.1 Å². The van der Waals surface area contributed by atoms with Crippen molar-refractivity contribution in [2.45, 2.75) is 0 Å². The number of nitrogens with zero attached hydrogens (tertiary/aromatic N) is 2. The fourth-order valence-electron chi connectivity index (χ4n) is 1.70. The molecule has 2 rings (SSSR count). The molecule has 1 aromatic heterocycles. The molecule has 0 saturated heterocycles. The van der Waals surface area contributed by atoms with Crippen LogP contribution in [0.15, 0.2) is 29.2 Å². The molecule has 0 bridgehead atoms. The Morgan fingerprint density at radius 2 is 2.18 bits per heavy atom. The molecule has 7 nitrogen and oxygen atoms in total. The van der Waals surface area contributed by atoms with Crippen LogP contribution >= 0.6 is 0 Å². The van der Waals surface area contributed by atoms with E-state index < -0.39 is 29.8 Å². The van der Waals surface area contributed by atoms with E-state index in [-0.39, 0.29) is 17.2 Å². The molecule has 0 aliphatic carbocycles. The Balaban J connectivity index is 2.60. The molecule has 22 heavy (non-hydrogen) atoms. The largest absolute Gasteiger partial charge is 0.491 e. The molecule has 0 atom stereocenters. The van der Waals surface area contributed by atoms with Gasteiger partial charge in [-0.15, -0.1) is 0 Å². The molecule has 1 N–H and O–H groups in total. The number of rotatable bonds is 5. The summed E-state index contributed by atoms with van der Waals surface area (Å²) < 4.78 is 36.1. The van der Waals surface area contributed by atoms with Crippen molar-refractivity contribution >= 4 is 5.97 Å². The van der Waals surface area contributed by atoms with Gasteiger partial charge < -0.3 is 14.6 Å². The van der Waals surface area contributed by atoms with Crippen molar-refractivity contribution in [3.63, 3.8) is 0 Å². The summed E-state index contributed by atoms with van der Waals surface area (Å²) in [6.45, 7) is -1.12. The lowest BCUT2D eigenvalue weighted by molar-refractivity contribution is 0.0686. The zero-order valence-corrected chi connectivity index (χ0v) is 11.2. The second-order valence-corrected chi connectivity index (χ2v) is 3.99. The van der Waals surface area contributed by atoms with Crippen LogP contribution < -0.4 is 14.9 Å². The molecule has 1 aromatic carbocycles. The van der Waals surface area contributed by atoms with Crippen LogP contribution in [0.25, 0.3) is 5.69 Å². The lowest BCUT2D eigenvalue weighted by Crippen LogP contribution is -2.23. The molecule has 0 radical (unpaired) electrons. The third-order valence-electron chi connectivity index (χ3n) is 2.70. The Kier molecular flexibility index (Phi) is 4.35. The average molecular weight is 312 g/mol. The highest BCUT2D eigenvalue weighted by Gasteiger charge is 2.18. The van der Waals surface area contributed by atoms with Crippen LogP contribution in [-0.2, 0) is 0 Å². The van der Waals surface area contributed by atoms with Crippen molar-refractivity contribution in [2.24, 2.45) is 0 Å². The first-order valence-corrected chi connectivity index (χ1v) is 5.88. The van der Waals surface area contributed by atoms with Gasteiger partial charge in [-0.25, -0.2) is 18.3 Å². The zero-order valence-electron chi connectivity index (χ0n) is 11.2. The first-order chi connectivity index (χ1) is 10.5. The number of carboxylic acids is 1. The smallest absolute Gasteiger partial charge is 0.360 e. The Morgan fingerprint density at radius 1 is 1.45 bits per heavy atom. The Hall–Kier alpha value is -2.97. The lowest BCUT2D eigenvalue weighted by atomic mass is 10.3. The molecule has 0 saturated carbocycles. The summed E-state index contributed by atoms with van der Waals surface area (Å²) in [5.74, 6) is -2.78. The van der Waals surface area contributed by atoms with E-state index in [4.69, 9.17) is 9.84 Å². The summed E-state index contributed by atoms with van der Waals surface area (Å²) in [5, 5.41) is 12.5. The SMILES string of the molecule is COc1cn(-c2ccc(OCF)cc2F)nc(C(=O)O)c1=O. The maximum Gasteiger partial charge on any atom is 0.360 e. The second-order valence-electron chi connectivity index (χ2n) is 3.99. The van der Waals surface area contributed by atoms with Gasteiger partial charge in [0.15, 0.2) is 11.6 Å². The highest BCUT2D eigenvalue weighted by molar-refractivity contribution is 5.85. The molecule has 9 heteroatoms. The molecule has 2 aromatic rings. The Morgan fingerprint density at radius 3 is 2.73 bits per heavy atom. The summed E-state index contributed by atoms with van der Waals surface area (Å²) in [7, 11) is 1.17. The number of carbonyl (C=O) groups is 1. The molecule has 0 aliphatic rings. The molecule has 116 valence electrons. The van der Waals surface area contributed by atoms with Gasteiger partial charge in [0.05, 0.1) is 13.3 Å². The minimum atomic E-state index is -1.57. The number of hydrogen-bond donors (Lipinski definition) is 1. The van der Waals surface area contributed by atoms with Gasteiger partial charge in [-0.1, -0.05) is 0 Å². The minimum absolute atomic E-state index is 0.0461. The number of aromatic carboxylic acids is 1. The Labute approximate surface area is 122 Å². The molecular weight excluding hydrogens is 302 g/mol. The van der Waals surface area contributed by atoms with E-state index in [0.717, 1.165) is 16.9 Å². The number of aromatic nitrogens is 2. The van der Waals surface area contributed by atoms with Crippen LogP contribution in [-0.4, -0.2) is 34.8 Å². The van der Waals surface area contributed by atoms with E-state index in [2.05, 4.69) is 9.84 Å². The summed E-state index contributed by atoms with van der Waals surface area (Å²) >= 11 is 0. The lowest BCUT2D eigenvalue weighted by Gasteiger charge is -2.10. The van der Waals surface area contributed by atoms with Gasteiger partial charge in [0.1, 0.15) is 11.4 Å². The van der Waals surface area contributed by atoms with Gasteiger partial charge in [0, 0.05) is 6.07 Å². The molecule has 0 amide bonds. The highest BCUT2D eigenvalue weighted by Crippen LogP contribution is 2.20. The standard InChI is InChI=1S/C13H10F2N2O5/c1-21-10-5-17(16-11(12(10)18)13(19)20)9-3-2-7(22-6-14)4-8(9)15/h2-5H,6H2,1H3,(H,19,20). The summed E-state index contributed by atoms with van der Waals surface area (Å²) in [6.07, 6.45) is 1.04. The van der Waals surface area contributed by atoms with Crippen LogP contribution in [0.1, 0.15) is 10.5 Å². The first kappa shape index (κ1) is 15.4. The van der Waals surface area contributed by atoms with Gasteiger partial charge in [-0.2, -0.15) is 5.10 Å². The van der Waals surface area contributed by atoms with Crippen molar-refractivity contribution in [1.29, 1.82) is 0 Å². The number of hydrogen-bond acceptors (Lipinski definition) is 5. The quantitative estimate of drug-likeness (QED) is 0.897. The maximum absolute atomic E-state index is 14.0. The number of benzene rings is 1. The third kappa shape index (κ3) is 2.87. The van der Waals surface area contributed by atoms with E-state index in [1.807, 2.05) is 0 Å². The predicted octanol–water partition coefficient (Wildman–Crippen LogP) is 1.38. The van der Waals surface area contributed by atoms with Crippen LogP contribution in [0, 0.1) is 5.82 Å². The minimum Gasteiger partial charge on any atom is -0.491 e. The van der Waals surface area contributed by atoms with E-state index in [0.29, 0.717) is 0 Å². The topological polar surface area (TPSA) is 90.7 Å². The van der Waals surface area contributed by atoms with E-state index in [1.165, 1.54) is 19.2 Å². The van der Waals surface area contributed by atoms with E-state index in [1.54, 1.807) is 0 Å². The number of methoxy groups -OCH3 is 1. The highest BCUT2D eigenvalue weighted by atomic mass is 19.1. The summed E-state index contributed by atoms with van der Waals surface area (Å²) in [4.78, 5) is 22.7. The zero-order chi connectivity index (χ0) is 16.3. The first-order valence-electron chi connectivity index (χ1n) is 5.88. The van der Waals surface area contributed by atoms with Crippen molar-refractivity contribution < 1.29 is 28.2 Å².